The van der Waals surface area contributed by atoms with Crippen LogP contribution in [-0.4, -0.2) is 67.4 Å². The lowest BCUT2D eigenvalue weighted by Crippen LogP contribution is -2.63. The Morgan fingerprint density at radius 2 is 1.80 bits per heavy atom. The third kappa shape index (κ3) is 4.23. The number of nitrogens with zero attached hydrogens (tertiary/aromatic N) is 1. The topological polar surface area (TPSA) is 157 Å². The molecular formula is C21H23NO7S. The molecule has 5 N–H and O–H groups in total. The van der Waals surface area contributed by atoms with Gasteiger partial charge in [-0.05, 0) is 53.0 Å². The normalized spacial score (nSPS) is 29.9. The Balaban J connectivity index is 1.96. The minimum Gasteiger partial charge on any atom is -0.612 e. The van der Waals surface area contributed by atoms with Crippen LogP contribution in [0.1, 0.15) is 22.3 Å². The Labute approximate surface area is 176 Å². The molecule has 0 spiro atoms. The second-order valence-corrected chi connectivity index (χ2v) is 8.60. The molecular weight excluding hydrogens is 410 g/mol. The van der Waals surface area contributed by atoms with Crippen LogP contribution in [-0.2, 0) is 28.1 Å². The van der Waals surface area contributed by atoms with E-state index < -0.39 is 48.0 Å². The van der Waals surface area contributed by atoms with E-state index in [1.54, 1.807) is 30.5 Å². The Hall–Kier alpha value is -2.00. The molecule has 0 aliphatic carbocycles. The van der Waals surface area contributed by atoms with Crippen molar-refractivity contribution in [3.8, 4) is 6.07 Å². The van der Waals surface area contributed by atoms with E-state index in [0.29, 0.717) is 22.4 Å². The minimum absolute atomic E-state index is 0.0692. The fourth-order valence-electron chi connectivity index (χ4n) is 3.48. The Morgan fingerprint density at radius 1 is 1.13 bits per heavy atom. The van der Waals surface area contributed by atoms with Crippen LogP contribution in [0.5, 0.6) is 0 Å². The van der Waals surface area contributed by atoms with Crippen molar-refractivity contribution in [2.75, 3.05) is 12.9 Å². The van der Waals surface area contributed by atoms with Gasteiger partial charge in [-0.25, -0.2) is 0 Å². The standard InChI is InChI=1S/C21H23NO7S/c1-30(28)16-6-2-12(3-7-16)8-14-9-15(5-4-13(14)10-22)21(27)20(26)19(25)18(24)17(11-23)29-21/h2-7,9,17-20,23-27H,8,11H2,1H3/t17-,18-,19+,20-,21-,30?/m1/s1. The van der Waals surface area contributed by atoms with E-state index in [0.717, 1.165) is 5.56 Å². The molecule has 1 aliphatic heterocycles. The van der Waals surface area contributed by atoms with Crippen molar-refractivity contribution in [1.82, 2.24) is 0 Å². The van der Waals surface area contributed by atoms with Crippen molar-refractivity contribution >= 4 is 11.2 Å². The molecule has 1 saturated heterocycles. The average molecular weight is 433 g/mol. The Bertz CT molecular complexity index is 928. The molecule has 0 radical (unpaired) electrons. The zero-order valence-electron chi connectivity index (χ0n) is 16.2. The summed E-state index contributed by atoms with van der Waals surface area (Å²) < 4.78 is 16.9. The molecule has 2 aromatic rings. The lowest BCUT2D eigenvalue weighted by atomic mass is 9.86. The summed E-state index contributed by atoms with van der Waals surface area (Å²) in [6.45, 7) is -0.679. The van der Waals surface area contributed by atoms with E-state index in [4.69, 9.17) is 4.74 Å². The van der Waals surface area contributed by atoms with E-state index >= 15 is 0 Å². The third-order valence-electron chi connectivity index (χ3n) is 5.26. The minimum atomic E-state index is -2.39. The van der Waals surface area contributed by atoms with Crippen LogP contribution in [0.3, 0.4) is 0 Å². The van der Waals surface area contributed by atoms with Gasteiger partial charge in [0.2, 0.25) is 5.79 Å². The largest absolute Gasteiger partial charge is 0.612 e. The highest BCUT2D eigenvalue weighted by atomic mass is 32.2. The number of ether oxygens (including phenoxy) is 1. The smallest absolute Gasteiger partial charge is 0.222 e. The Morgan fingerprint density at radius 3 is 2.37 bits per heavy atom. The van der Waals surface area contributed by atoms with E-state index in [1.165, 1.54) is 18.2 Å². The second kappa shape index (κ2) is 9.01. The lowest BCUT2D eigenvalue weighted by Gasteiger charge is -2.45. The summed E-state index contributed by atoms with van der Waals surface area (Å²) in [4.78, 5) is 0.670. The van der Waals surface area contributed by atoms with E-state index in [1.807, 2.05) is 0 Å². The van der Waals surface area contributed by atoms with Gasteiger partial charge in [-0.3, -0.25) is 0 Å². The first-order valence-electron chi connectivity index (χ1n) is 9.22. The molecule has 30 heavy (non-hydrogen) atoms. The summed E-state index contributed by atoms with van der Waals surface area (Å²) in [5.41, 5.74) is 1.78. The van der Waals surface area contributed by atoms with Gasteiger partial charge in [0.1, 0.15) is 30.7 Å². The summed E-state index contributed by atoms with van der Waals surface area (Å²) in [7, 11) is 0. The first-order chi connectivity index (χ1) is 14.2. The number of hydrogen-bond acceptors (Lipinski definition) is 8. The fourth-order valence-corrected chi connectivity index (χ4v) is 4.00. The SMILES string of the molecule is C[S+]([O-])c1ccc(Cc2cc([C@@]3(O)O[C@H](CO)[C@@H](O)[C@H](O)[C@H]3O)ccc2C#N)cc1. The molecule has 160 valence electrons. The molecule has 0 amide bonds. The van der Waals surface area contributed by atoms with Crippen LogP contribution in [0.15, 0.2) is 47.4 Å². The molecule has 1 unspecified atom stereocenters. The first kappa shape index (κ1) is 22.7. The number of rotatable bonds is 5. The van der Waals surface area contributed by atoms with E-state index in [9.17, 15) is 35.3 Å². The zero-order valence-corrected chi connectivity index (χ0v) is 17.0. The lowest BCUT2D eigenvalue weighted by molar-refractivity contribution is -0.357. The molecule has 3 rings (SSSR count). The third-order valence-corrected chi connectivity index (χ3v) is 6.19. The highest BCUT2D eigenvalue weighted by Crippen LogP contribution is 2.37. The molecule has 8 nitrogen and oxygen atoms in total. The average Bonchev–Trinajstić information content (AvgIpc) is 2.75. The molecule has 2 aromatic carbocycles. The molecule has 6 atom stereocenters. The van der Waals surface area contributed by atoms with Gasteiger partial charge in [0.25, 0.3) is 0 Å². The molecule has 1 fully saturated rings. The van der Waals surface area contributed by atoms with Crippen LogP contribution < -0.4 is 0 Å². The van der Waals surface area contributed by atoms with Crippen molar-refractivity contribution < 1.29 is 34.8 Å². The number of aliphatic hydroxyl groups is 5. The van der Waals surface area contributed by atoms with Gasteiger partial charge >= 0.3 is 0 Å². The highest BCUT2D eigenvalue weighted by molar-refractivity contribution is 7.90. The molecule has 1 aliphatic rings. The predicted octanol–water partition coefficient (Wildman–Crippen LogP) is -0.495. The number of aliphatic hydroxyl groups excluding tert-OH is 4. The summed E-state index contributed by atoms with van der Waals surface area (Å²) in [5.74, 6) is -2.39. The quantitative estimate of drug-likeness (QED) is 0.395. The summed E-state index contributed by atoms with van der Waals surface area (Å²) in [5, 5.41) is 60.2. The Kier molecular flexibility index (Phi) is 6.81. The fraction of sp³-hybridized carbons (Fsp3) is 0.381. The number of benzene rings is 2. The number of hydrogen-bond donors (Lipinski definition) is 5. The zero-order chi connectivity index (χ0) is 22.1. The monoisotopic (exact) mass is 433 g/mol. The van der Waals surface area contributed by atoms with Crippen LogP contribution in [0.25, 0.3) is 0 Å². The van der Waals surface area contributed by atoms with Crippen LogP contribution >= 0.6 is 0 Å². The predicted molar refractivity (Wildman–Crippen MR) is 107 cm³/mol. The maximum absolute atomic E-state index is 11.5. The number of nitriles is 1. The first-order valence-corrected chi connectivity index (χ1v) is 10.8. The molecule has 0 aromatic heterocycles. The summed E-state index contributed by atoms with van der Waals surface area (Å²) in [6.07, 6.45) is -4.63. The van der Waals surface area contributed by atoms with Crippen LogP contribution in [0, 0.1) is 11.3 Å². The van der Waals surface area contributed by atoms with Gasteiger partial charge in [0.05, 0.1) is 18.2 Å². The van der Waals surface area contributed by atoms with Gasteiger partial charge < -0.3 is 34.8 Å². The van der Waals surface area contributed by atoms with Gasteiger partial charge in [0, 0.05) is 5.56 Å². The second-order valence-electron chi connectivity index (χ2n) is 7.22. The van der Waals surface area contributed by atoms with Crippen molar-refractivity contribution in [3.05, 3.63) is 64.7 Å². The maximum atomic E-state index is 11.5. The van der Waals surface area contributed by atoms with Gasteiger partial charge in [0.15, 0.2) is 4.90 Å². The van der Waals surface area contributed by atoms with E-state index in [-0.39, 0.29) is 5.56 Å². The van der Waals surface area contributed by atoms with Crippen molar-refractivity contribution in [1.29, 1.82) is 5.26 Å². The molecule has 0 bridgehead atoms. The van der Waals surface area contributed by atoms with Crippen LogP contribution in [0.4, 0.5) is 0 Å². The van der Waals surface area contributed by atoms with Crippen molar-refractivity contribution in [2.24, 2.45) is 0 Å². The summed E-state index contributed by atoms with van der Waals surface area (Å²) in [6, 6.07) is 13.4. The summed E-state index contributed by atoms with van der Waals surface area (Å²) >= 11 is -1.11. The van der Waals surface area contributed by atoms with Crippen LogP contribution in [0.2, 0.25) is 0 Å². The molecule has 1 heterocycles. The maximum Gasteiger partial charge on any atom is 0.222 e. The van der Waals surface area contributed by atoms with Crippen molar-refractivity contribution in [2.45, 2.75) is 41.5 Å². The highest BCUT2D eigenvalue weighted by Gasteiger charge is 2.53. The van der Waals surface area contributed by atoms with Gasteiger partial charge in [-0.1, -0.05) is 18.2 Å². The molecule has 0 saturated carbocycles. The molecule has 9 heteroatoms. The van der Waals surface area contributed by atoms with E-state index in [2.05, 4.69) is 6.07 Å². The van der Waals surface area contributed by atoms with Gasteiger partial charge in [-0.2, -0.15) is 5.26 Å². The van der Waals surface area contributed by atoms with Crippen molar-refractivity contribution in [3.63, 3.8) is 0 Å². The van der Waals surface area contributed by atoms with Gasteiger partial charge in [-0.15, -0.1) is 0 Å².